The van der Waals surface area contributed by atoms with E-state index in [0.717, 1.165) is 5.25 Å². The predicted octanol–water partition coefficient (Wildman–Crippen LogP) is 4.02. The van der Waals surface area contributed by atoms with Crippen molar-refractivity contribution in [3.63, 3.8) is 0 Å². The van der Waals surface area contributed by atoms with Crippen LogP contribution in [0.3, 0.4) is 0 Å². The van der Waals surface area contributed by atoms with E-state index < -0.39 is 0 Å². The molecule has 0 saturated heterocycles. The minimum Gasteiger partial charge on any atom is -0.144 e. The molecule has 1 rings (SSSR count). The van der Waals surface area contributed by atoms with Crippen molar-refractivity contribution in [1.82, 2.24) is 0 Å². The van der Waals surface area contributed by atoms with Crippen molar-refractivity contribution in [2.45, 2.75) is 56.5 Å². The van der Waals surface area contributed by atoms with Crippen LogP contribution in [-0.4, -0.2) is 10.00 Å². The smallest absolute Gasteiger partial charge is 0.0288 e. The highest BCUT2D eigenvalue weighted by molar-refractivity contribution is 8.01. The SMILES string of the molecule is CCCCCC1C=CC(C)(C)S1. The molecule has 0 aliphatic carbocycles. The molecule has 1 aliphatic rings. The molecule has 0 saturated carbocycles. The van der Waals surface area contributed by atoms with Gasteiger partial charge in [0.15, 0.2) is 0 Å². The van der Waals surface area contributed by atoms with E-state index in [1.165, 1.54) is 25.7 Å². The average Bonchev–Trinajstić information content (AvgIpc) is 2.31. The third-order valence-corrected chi connectivity index (χ3v) is 3.70. The fourth-order valence-electron chi connectivity index (χ4n) is 1.56. The van der Waals surface area contributed by atoms with E-state index in [-0.39, 0.29) is 0 Å². The summed E-state index contributed by atoms with van der Waals surface area (Å²) in [6, 6.07) is 0. The lowest BCUT2D eigenvalue weighted by atomic mass is 10.1. The van der Waals surface area contributed by atoms with Crippen LogP contribution in [0.1, 0.15) is 46.5 Å². The first-order valence-corrected chi connectivity index (χ1v) is 5.89. The number of rotatable bonds is 4. The monoisotopic (exact) mass is 184 g/mol. The quantitative estimate of drug-likeness (QED) is 0.470. The van der Waals surface area contributed by atoms with Crippen LogP contribution < -0.4 is 0 Å². The number of thioether (sulfide) groups is 1. The summed E-state index contributed by atoms with van der Waals surface area (Å²) >= 11 is 2.11. The fraction of sp³-hybridized carbons (Fsp3) is 0.818. The first kappa shape index (κ1) is 10.2. The highest BCUT2D eigenvalue weighted by atomic mass is 32.2. The molecule has 1 atom stereocenters. The maximum atomic E-state index is 2.39. The third-order valence-electron chi connectivity index (χ3n) is 2.26. The van der Waals surface area contributed by atoms with E-state index in [9.17, 15) is 0 Å². The summed E-state index contributed by atoms with van der Waals surface area (Å²) in [5, 5.41) is 0.798. The molecule has 1 unspecified atom stereocenters. The van der Waals surface area contributed by atoms with Gasteiger partial charge in [0.2, 0.25) is 0 Å². The van der Waals surface area contributed by atoms with E-state index >= 15 is 0 Å². The molecule has 1 heteroatoms. The molecule has 70 valence electrons. The number of unbranched alkanes of at least 4 members (excludes halogenated alkanes) is 2. The summed E-state index contributed by atoms with van der Waals surface area (Å²) in [5.74, 6) is 0. The Morgan fingerprint density at radius 1 is 1.33 bits per heavy atom. The molecular formula is C11H20S. The Balaban J connectivity index is 2.17. The molecule has 1 heterocycles. The van der Waals surface area contributed by atoms with Gasteiger partial charge in [0.25, 0.3) is 0 Å². The predicted molar refractivity (Wildman–Crippen MR) is 58.7 cm³/mol. The zero-order chi connectivity index (χ0) is 9.03. The second-order valence-electron chi connectivity index (χ2n) is 4.11. The highest BCUT2D eigenvalue weighted by Crippen LogP contribution is 2.38. The minimum atomic E-state index is 0.400. The molecule has 0 fully saturated rings. The third kappa shape index (κ3) is 3.22. The largest absolute Gasteiger partial charge is 0.144 e. The Bertz CT molecular complexity index is 158. The van der Waals surface area contributed by atoms with Gasteiger partial charge in [-0.2, -0.15) is 0 Å². The van der Waals surface area contributed by atoms with Gasteiger partial charge in [0.05, 0.1) is 0 Å². The van der Waals surface area contributed by atoms with Crippen molar-refractivity contribution in [1.29, 1.82) is 0 Å². The zero-order valence-electron chi connectivity index (χ0n) is 8.47. The van der Waals surface area contributed by atoms with Crippen molar-refractivity contribution >= 4 is 11.8 Å². The van der Waals surface area contributed by atoms with Gasteiger partial charge in [-0.1, -0.05) is 38.3 Å². The molecule has 0 N–H and O–H groups in total. The fourth-order valence-corrected chi connectivity index (χ4v) is 2.94. The summed E-state index contributed by atoms with van der Waals surface area (Å²) in [5.41, 5.74) is 0. The van der Waals surface area contributed by atoms with Crippen LogP contribution in [0.25, 0.3) is 0 Å². The van der Waals surface area contributed by atoms with E-state index in [2.05, 4.69) is 44.7 Å². The van der Waals surface area contributed by atoms with Gasteiger partial charge in [0.1, 0.15) is 0 Å². The summed E-state index contributed by atoms with van der Waals surface area (Å²) in [7, 11) is 0. The van der Waals surface area contributed by atoms with Gasteiger partial charge in [-0.3, -0.25) is 0 Å². The number of hydrogen-bond donors (Lipinski definition) is 0. The lowest BCUT2D eigenvalue weighted by Gasteiger charge is -2.16. The van der Waals surface area contributed by atoms with Crippen LogP contribution in [0.4, 0.5) is 0 Å². The Morgan fingerprint density at radius 2 is 2.08 bits per heavy atom. The standard InChI is InChI=1S/C11H20S/c1-4-5-6-7-10-8-9-11(2,3)12-10/h8-10H,4-7H2,1-3H3. The maximum Gasteiger partial charge on any atom is 0.0288 e. The molecule has 0 aromatic rings. The Labute approximate surface area is 80.8 Å². The van der Waals surface area contributed by atoms with Crippen LogP contribution in [0.2, 0.25) is 0 Å². The summed E-state index contributed by atoms with van der Waals surface area (Å²) in [6.45, 7) is 6.86. The molecular weight excluding hydrogens is 164 g/mol. The Hall–Kier alpha value is 0.0900. The van der Waals surface area contributed by atoms with Crippen molar-refractivity contribution in [2.24, 2.45) is 0 Å². The van der Waals surface area contributed by atoms with Crippen LogP contribution in [-0.2, 0) is 0 Å². The minimum absolute atomic E-state index is 0.400. The lowest BCUT2D eigenvalue weighted by molar-refractivity contribution is 0.682. The van der Waals surface area contributed by atoms with Gasteiger partial charge < -0.3 is 0 Å². The van der Waals surface area contributed by atoms with E-state index in [0.29, 0.717) is 4.75 Å². The Morgan fingerprint density at radius 3 is 2.58 bits per heavy atom. The zero-order valence-corrected chi connectivity index (χ0v) is 9.29. The number of hydrogen-bond acceptors (Lipinski definition) is 1. The maximum absolute atomic E-state index is 2.39. The van der Waals surface area contributed by atoms with Gasteiger partial charge >= 0.3 is 0 Å². The van der Waals surface area contributed by atoms with Gasteiger partial charge in [-0.25, -0.2) is 0 Å². The van der Waals surface area contributed by atoms with Crippen LogP contribution in [0, 0.1) is 0 Å². The molecule has 12 heavy (non-hydrogen) atoms. The topological polar surface area (TPSA) is 0 Å². The van der Waals surface area contributed by atoms with E-state index in [1.54, 1.807) is 0 Å². The average molecular weight is 184 g/mol. The lowest BCUT2D eigenvalue weighted by Crippen LogP contribution is -2.08. The summed E-state index contributed by atoms with van der Waals surface area (Å²) in [6.07, 6.45) is 10.2. The van der Waals surface area contributed by atoms with E-state index in [1.807, 2.05) is 0 Å². The molecule has 0 bridgehead atoms. The van der Waals surface area contributed by atoms with Crippen LogP contribution >= 0.6 is 11.8 Å². The molecule has 1 aliphatic heterocycles. The first-order valence-electron chi connectivity index (χ1n) is 5.01. The second-order valence-corrected chi connectivity index (χ2v) is 6.01. The van der Waals surface area contributed by atoms with Gasteiger partial charge in [0, 0.05) is 10.00 Å². The van der Waals surface area contributed by atoms with Gasteiger partial charge in [-0.15, -0.1) is 11.8 Å². The molecule has 0 aromatic carbocycles. The first-order chi connectivity index (χ1) is 5.64. The van der Waals surface area contributed by atoms with Crippen molar-refractivity contribution in [3.05, 3.63) is 12.2 Å². The second kappa shape index (κ2) is 4.36. The van der Waals surface area contributed by atoms with Crippen molar-refractivity contribution in [3.8, 4) is 0 Å². The Kier molecular flexibility index (Phi) is 3.70. The van der Waals surface area contributed by atoms with Gasteiger partial charge in [-0.05, 0) is 20.3 Å². The highest BCUT2D eigenvalue weighted by Gasteiger charge is 2.24. The molecule has 0 spiro atoms. The van der Waals surface area contributed by atoms with Crippen molar-refractivity contribution in [2.75, 3.05) is 0 Å². The summed E-state index contributed by atoms with van der Waals surface area (Å²) < 4.78 is 0.400. The van der Waals surface area contributed by atoms with Crippen LogP contribution in [0.5, 0.6) is 0 Å². The molecule has 0 radical (unpaired) electrons. The summed E-state index contributed by atoms with van der Waals surface area (Å²) in [4.78, 5) is 0. The molecule has 0 amide bonds. The van der Waals surface area contributed by atoms with E-state index in [4.69, 9.17) is 0 Å². The van der Waals surface area contributed by atoms with Crippen molar-refractivity contribution < 1.29 is 0 Å². The normalized spacial score (nSPS) is 26.4. The van der Waals surface area contributed by atoms with Crippen LogP contribution in [0.15, 0.2) is 12.2 Å². The molecule has 0 aromatic heterocycles. The molecule has 0 nitrogen and oxygen atoms in total.